The highest BCUT2D eigenvalue weighted by molar-refractivity contribution is 9.10. The molecule has 0 unspecified atom stereocenters. The van der Waals surface area contributed by atoms with Gasteiger partial charge in [0, 0.05) is 21.7 Å². The van der Waals surface area contributed by atoms with Gasteiger partial charge in [-0.3, -0.25) is 4.98 Å². The first kappa shape index (κ1) is 12.9. The fourth-order valence-electron chi connectivity index (χ4n) is 2.01. The maximum Gasteiger partial charge on any atom is 0.148 e. The summed E-state index contributed by atoms with van der Waals surface area (Å²) in [7, 11) is 0. The number of aromatic nitrogens is 1. The third-order valence-corrected chi connectivity index (χ3v) is 3.37. The monoisotopic (exact) mass is 331 g/mol. The standard InChI is InChI=1S/C15H11BrFN3/c16-10-6-9-2-1-3-14(15(9)19-8-10)20-13-5-4-11(18)7-12(13)17/h1-8,20H,18H2. The number of benzene rings is 2. The first-order valence-corrected chi connectivity index (χ1v) is 6.79. The van der Waals surface area contributed by atoms with Crippen LogP contribution in [-0.4, -0.2) is 4.98 Å². The zero-order valence-corrected chi connectivity index (χ0v) is 12.0. The number of hydrogen-bond acceptors (Lipinski definition) is 3. The highest BCUT2D eigenvalue weighted by Crippen LogP contribution is 2.28. The largest absolute Gasteiger partial charge is 0.399 e. The predicted molar refractivity (Wildman–Crippen MR) is 83.5 cm³/mol. The van der Waals surface area contributed by atoms with E-state index < -0.39 is 0 Å². The van der Waals surface area contributed by atoms with Crippen molar-refractivity contribution in [3.8, 4) is 0 Å². The van der Waals surface area contributed by atoms with Crippen LogP contribution in [0.5, 0.6) is 0 Å². The molecule has 3 aromatic rings. The van der Waals surface area contributed by atoms with Gasteiger partial charge < -0.3 is 11.1 Å². The van der Waals surface area contributed by atoms with E-state index in [2.05, 4.69) is 26.2 Å². The van der Waals surface area contributed by atoms with E-state index in [1.807, 2.05) is 24.3 Å². The lowest BCUT2D eigenvalue weighted by Gasteiger charge is -2.10. The van der Waals surface area contributed by atoms with E-state index in [0.717, 1.165) is 21.1 Å². The summed E-state index contributed by atoms with van der Waals surface area (Å²) in [6.45, 7) is 0. The SMILES string of the molecule is Nc1ccc(Nc2cccc3cc(Br)cnc23)c(F)c1. The Hall–Kier alpha value is -2.14. The molecular weight excluding hydrogens is 321 g/mol. The Labute approximate surface area is 123 Å². The highest BCUT2D eigenvalue weighted by Gasteiger charge is 2.07. The number of para-hydroxylation sites is 1. The minimum Gasteiger partial charge on any atom is -0.399 e. The van der Waals surface area contributed by atoms with Crippen molar-refractivity contribution in [2.45, 2.75) is 0 Å². The third kappa shape index (κ3) is 2.44. The van der Waals surface area contributed by atoms with Gasteiger partial charge in [-0.05, 0) is 46.3 Å². The summed E-state index contributed by atoms with van der Waals surface area (Å²) >= 11 is 3.39. The Balaban J connectivity index is 2.06. The molecule has 0 aliphatic heterocycles. The molecule has 0 radical (unpaired) electrons. The zero-order chi connectivity index (χ0) is 14.1. The van der Waals surface area contributed by atoms with Crippen LogP contribution in [0, 0.1) is 5.82 Å². The van der Waals surface area contributed by atoms with Crippen molar-refractivity contribution >= 4 is 43.9 Å². The molecule has 0 amide bonds. The van der Waals surface area contributed by atoms with Gasteiger partial charge in [0.15, 0.2) is 0 Å². The Kier molecular flexibility index (Phi) is 3.28. The first-order chi connectivity index (χ1) is 9.63. The van der Waals surface area contributed by atoms with Crippen molar-refractivity contribution in [3.05, 3.63) is 59.0 Å². The molecule has 0 spiro atoms. The van der Waals surface area contributed by atoms with Crippen molar-refractivity contribution in [2.75, 3.05) is 11.1 Å². The molecule has 1 aromatic heterocycles. The number of halogens is 2. The van der Waals surface area contributed by atoms with Crippen molar-refractivity contribution < 1.29 is 4.39 Å². The minimum atomic E-state index is -0.390. The second kappa shape index (κ2) is 5.09. The van der Waals surface area contributed by atoms with E-state index in [4.69, 9.17) is 5.73 Å². The second-order valence-electron chi connectivity index (χ2n) is 4.40. The number of nitrogen functional groups attached to an aromatic ring is 1. The quantitative estimate of drug-likeness (QED) is 0.681. The van der Waals surface area contributed by atoms with Crippen molar-refractivity contribution in [2.24, 2.45) is 0 Å². The van der Waals surface area contributed by atoms with Crippen LogP contribution in [0.2, 0.25) is 0 Å². The average molecular weight is 332 g/mol. The number of pyridine rings is 1. The Morgan fingerprint density at radius 2 is 1.95 bits per heavy atom. The van der Waals surface area contributed by atoms with Gasteiger partial charge in [-0.25, -0.2) is 4.39 Å². The van der Waals surface area contributed by atoms with Gasteiger partial charge >= 0.3 is 0 Å². The molecule has 0 saturated heterocycles. The molecule has 20 heavy (non-hydrogen) atoms. The molecule has 0 saturated carbocycles. The van der Waals surface area contributed by atoms with Crippen LogP contribution in [0.3, 0.4) is 0 Å². The molecule has 3 rings (SSSR count). The van der Waals surface area contributed by atoms with Gasteiger partial charge in [-0.1, -0.05) is 12.1 Å². The van der Waals surface area contributed by atoms with Crippen LogP contribution in [0.15, 0.2) is 53.1 Å². The van der Waals surface area contributed by atoms with Crippen LogP contribution in [0.1, 0.15) is 0 Å². The number of anilines is 3. The van der Waals surface area contributed by atoms with Gasteiger partial charge in [0.05, 0.1) is 16.9 Å². The summed E-state index contributed by atoms with van der Waals surface area (Å²) in [4.78, 5) is 4.37. The zero-order valence-electron chi connectivity index (χ0n) is 10.4. The van der Waals surface area contributed by atoms with Gasteiger partial charge in [-0.15, -0.1) is 0 Å². The lowest BCUT2D eigenvalue weighted by atomic mass is 10.2. The van der Waals surface area contributed by atoms with Gasteiger partial charge in [-0.2, -0.15) is 0 Å². The van der Waals surface area contributed by atoms with Crippen LogP contribution in [-0.2, 0) is 0 Å². The summed E-state index contributed by atoms with van der Waals surface area (Å²) in [6.07, 6.45) is 1.72. The van der Waals surface area contributed by atoms with Crippen molar-refractivity contribution in [1.29, 1.82) is 0 Å². The number of nitrogens with one attached hydrogen (secondary N) is 1. The van der Waals surface area contributed by atoms with E-state index in [0.29, 0.717) is 11.4 Å². The summed E-state index contributed by atoms with van der Waals surface area (Å²) < 4.78 is 14.7. The third-order valence-electron chi connectivity index (χ3n) is 2.94. The van der Waals surface area contributed by atoms with Crippen LogP contribution >= 0.6 is 15.9 Å². The highest BCUT2D eigenvalue weighted by atomic mass is 79.9. The molecule has 100 valence electrons. The molecule has 0 bridgehead atoms. The maximum absolute atomic E-state index is 13.8. The molecule has 1 heterocycles. The molecule has 3 N–H and O–H groups in total. The Morgan fingerprint density at radius 3 is 2.75 bits per heavy atom. The summed E-state index contributed by atoms with van der Waals surface area (Å²) in [5, 5.41) is 4.03. The maximum atomic E-state index is 13.8. The smallest absolute Gasteiger partial charge is 0.148 e. The Morgan fingerprint density at radius 1 is 1.10 bits per heavy atom. The lowest BCUT2D eigenvalue weighted by Crippen LogP contribution is -1.97. The summed E-state index contributed by atoms with van der Waals surface area (Å²) in [5.41, 5.74) is 7.84. The van der Waals surface area contributed by atoms with Crippen molar-refractivity contribution in [1.82, 2.24) is 4.98 Å². The number of rotatable bonds is 2. The second-order valence-corrected chi connectivity index (χ2v) is 5.31. The topological polar surface area (TPSA) is 50.9 Å². The summed E-state index contributed by atoms with van der Waals surface area (Å²) in [5.74, 6) is -0.390. The van der Waals surface area contributed by atoms with Crippen LogP contribution in [0.4, 0.5) is 21.5 Å². The first-order valence-electron chi connectivity index (χ1n) is 6.00. The van der Waals surface area contributed by atoms with Gasteiger partial charge in [0.25, 0.3) is 0 Å². The number of hydrogen-bond donors (Lipinski definition) is 2. The van der Waals surface area contributed by atoms with Crippen LogP contribution in [0.25, 0.3) is 10.9 Å². The lowest BCUT2D eigenvalue weighted by molar-refractivity contribution is 0.632. The summed E-state index contributed by atoms with van der Waals surface area (Å²) in [6, 6.07) is 12.2. The van der Waals surface area contributed by atoms with E-state index >= 15 is 0 Å². The Bertz CT molecular complexity index is 789. The molecular formula is C15H11BrFN3. The molecule has 3 nitrogen and oxygen atoms in total. The molecule has 0 aliphatic carbocycles. The van der Waals surface area contributed by atoms with Gasteiger partial charge in [0.2, 0.25) is 0 Å². The number of fused-ring (bicyclic) bond motifs is 1. The predicted octanol–water partition coefficient (Wildman–Crippen LogP) is 4.46. The minimum absolute atomic E-state index is 0.372. The normalized spacial score (nSPS) is 10.7. The van der Waals surface area contributed by atoms with E-state index in [1.54, 1.807) is 18.3 Å². The number of nitrogens with zero attached hydrogens (tertiary/aromatic N) is 1. The molecule has 0 atom stereocenters. The number of nitrogens with two attached hydrogens (primary N) is 1. The van der Waals surface area contributed by atoms with E-state index in [-0.39, 0.29) is 5.82 Å². The molecule has 0 aliphatic rings. The van der Waals surface area contributed by atoms with Crippen LogP contribution < -0.4 is 11.1 Å². The fourth-order valence-corrected chi connectivity index (χ4v) is 2.36. The average Bonchev–Trinajstić information content (AvgIpc) is 2.41. The van der Waals surface area contributed by atoms with Gasteiger partial charge in [0.1, 0.15) is 5.82 Å². The molecule has 0 fully saturated rings. The van der Waals surface area contributed by atoms with Crippen molar-refractivity contribution in [3.63, 3.8) is 0 Å². The molecule has 5 heteroatoms. The van der Waals surface area contributed by atoms with E-state index in [1.165, 1.54) is 6.07 Å². The molecule has 2 aromatic carbocycles. The fraction of sp³-hybridized carbons (Fsp3) is 0. The van der Waals surface area contributed by atoms with E-state index in [9.17, 15) is 4.39 Å².